The van der Waals surface area contributed by atoms with Crippen molar-refractivity contribution in [3.8, 4) is 0 Å². The molecule has 90 valence electrons. The van der Waals surface area contributed by atoms with Crippen LogP contribution in [0.1, 0.15) is 12.8 Å². The Hall–Kier alpha value is -1.63. The van der Waals surface area contributed by atoms with E-state index in [4.69, 9.17) is 20.4 Å². The zero-order valence-corrected chi connectivity index (χ0v) is 8.14. The molecule has 15 heavy (non-hydrogen) atoms. The molecular weight excluding hydrogens is 259 g/mol. The average molecular weight is 267 g/mol. The van der Waals surface area contributed by atoms with Crippen LogP contribution in [0.5, 0.6) is 0 Å². The van der Waals surface area contributed by atoms with Crippen LogP contribution < -0.4 is 0 Å². The summed E-state index contributed by atoms with van der Waals surface area (Å²) >= 11 is 0. The molecule has 0 saturated carbocycles. The van der Waals surface area contributed by atoms with E-state index < -0.39 is 36.7 Å². The zero-order valence-electron chi connectivity index (χ0n) is 7.15. The molecule has 0 heterocycles. The van der Waals surface area contributed by atoms with Gasteiger partial charge in [0.25, 0.3) is 0 Å². The van der Waals surface area contributed by atoms with Gasteiger partial charge in [-0.25, -0.2) is 0 Å². The molecule has 0 fully saturated rings. The Morgan fingerprint density at radius 3 is 0.733 bits per heavy atom. The number of carboxylic acids is 4. The van der Waals surface area contributed by atoms with Crippen LogP contribution in [0.4, 0.5) is 0 Å². The van der Waals surface area contributed by atoms with Gasteiger partial charge in [-0.1, -0.05) is 0 Å². The van der Waals surface area contributed by atoms with Crippen LogP contribution in [0.3, 0.4) is 0 Å². The standard InChI is InChI=1S/2C3H4O4.Ni/c2*4-2(5)1-3(6)7;/h2*1H2,(H,4,5)(H,6,7);. The van der Waals surface area contributed by atoms with Crippen molar-refractivity contribution in [3.63, 3.8) is 0 Å². The predicted molar refractivity (Wildman–Crippen MR) is 39.8 cm³/mol. The van der Waals surface area contributed by atoms with Crippen molar-refractivity contribution in [1.82, 2.24) is 0 Å². The molecule has 0 atom stereocenters. The van der Waals surface area contributed by atoms with Gasteiger partial charge in [0, 0.05) is 16.5 Å². The smallest absolute Gasteiger partial charge is 0.314 e. The van der Waals surface area contributed by atoms with E-state index in [0.29, 0.717) is 0 Å². The quantitative estimate of drug-likeness (QED) is 0.377. The first-order valence-corrected chi connectivity index (χ1v) is 3.13. The van der Waals surface area contributed by atoms with E-state index in [-0.39, 0.29) is 16.5 Å². The summed E-state index contributed by atoms with van der Waals surface area (Å²) in [6, 6.07) is 0. The monoisotopic (exact) mass is 266 g/mol. The summed E-state index contributed by atoms with van der Waals surface area (Å²) in [4.78, 5) is 37.7. The summed E-state index contributed by atoms with van der Waals surface area (Å²) in [5.41, 5.74) is 0. The Labute approximate surface area is 93.4 Å². The summed E-state index contributed by atoms with van der Waals surface area (Å²) < 4.78 is 0. The second-order valence-corrected chi connectivity index (χ2v) is 1.93. The van der Waals surface area contributed by atoms with Gasteiger partial charge >= 0.3 is 23.9 Å². The summed E-state index contributed by atoms with van der Waals surface area (Å²) in [5, 5.41) is 30.8. The number of hydrogen-bond donors (Lipinski definition) is 4. The van der Waals surface area contributed by atoms with Crippen LogP contribution in [0.2, 0.25) is 0 Å². The van der Waals surface area contributed by atoms with Crippen molar-refractivity contribution >= 4 is 23.9 Å². The SMILES string of the molecule is O=C(O)CC(=O)O.O=C(O)CC(=O)O.[Ni]. The van der Waals surface area contributed by atoms with Crippen LogP contribution in [0, 0.1) is 0 Å². The van der Waals surface area contributed by atoms with Gasteiger partial charge in [0.15, 0.2) is 0 Å². The molecule has 0 radical (unpaired) electrons. The Morgan fingerprint density at radius 1 is 0.600 bits per heavy atom. The Kier molecular flexibility index (Phi) is 13.3. The van der Waals surface area contributed by atoms with Gasteiger partial charge < -0.3 is 20.4 Å². The van der Waals surface area contributed by atoms with Crippen molar-refractivity contribution in [1.29, 1.82) is 0 Å². The Bertz CT molecular complexity index is 198. The maximum atomic E-state index is 9.43. The molecule has 4 N–H and O–H groups in total. The zero-order chi connectivity index (χ0) is 11.7. The maximum Gasteiger partial charge on any atom is 0.314 e. The summed E-state index contributed by atoms with van der Waals surface area (Å²) in [5.74, 6) is -5.25. The first-order valence-electron chi connectivity index (χ1n) is 3.13. The molecule has 9 heteroatoms. The fraction of sp³-hybridized carbons (Fsp3) is 0.333. The molecule has 0 aromatic rings. The predicted octanol–water partition coefficient (Wildman–Crippen LogP) is -0.911. The van der Waals surface area contributed by atoms with E-state index in [0.717, 1.165) is 0 Å². The first kappa shape index (κ1) is 19.0. The normalized spacial score (nSPS) is 7.47. The maximum absolute atomic E-state index is 9.43. The van der Waals surface area contributed by atoms with Crippen molar-refractivity contribution in [3.05, 3.63) is 0 Å². The van der Waals surface area contributed by atoms with Crippen molar-refractivity contribution in [2.45, 2.75) is 12.8 Å². The second kappa shape index (κ2) is 10.5. The molecule has 0 unspecified atom stereocenters. The van der Waals surface area contributed by atoms with Crippen LogP contribution in [0.15, 0.2) is 0 Å². The third-order valence-corrected chi connectivity index (χ3v) is 0.605. The third kappa shape index (κ3) is 32.8. The average Bonchev–Trinajstić information content (AvgIpc) is 1.79. The molecule has 0 aliphatic rings. The topological polar surface area (TPSA) is 149 Å². The van der Waals surface area contributed by atoms with Crippen LogP contribution >= 0.6 is 0 Å². The fourth-order valence-electron chi connectivity index (χ4n) is 0.259. The summed E-state index contributed by atoms with van der Waals surface area (Å²) in [7, 11) is 0. The van der Waals surface area contributed by atoms with E-state index in [1.165, 1.54) is 0 Å². The molecule has 0 aromatic heterocycles. The Morgan fingerprint density at radius 2 is 0.733 bits per heavy atom. The van der Waals surface area contributed by atoms with Gasteiger partial charge in [-0.2, -0.15) is 0 Å². The summed E-state index contributed by atoms with van der Waals surface area (Å²) in [6.07, 6.45) is -1.61. The second-order valence-electron chi connectivity index (χ2n) is 1.93. The van der Waals surface area contributed by atoms with Gasteiger partial charge in [-0.05, 0) is 0 Å². The number of aliphatic carboxylic acids is 4. The minimum absolute atomic E-state index is 0. The van der Waals surface area contributed by atoms with Gasteiger partial charge in [0.05, 0.1) is 0 Å². The van der Waals surface area contributed by atoms with E-state index >= 15 is 0 Å². The van der Waals surface area contributed by atoms with Crippen molar-refractivity contribution < 1.29 is 56.1 Å². The van der Waals surface area contributed by atoms with E-state index in [1.807, 2.05) is 0 Å². The Balaban J connectivity index is -0.000000180. The minimum atomic E-state index is -1.31. The molecule has 0 amide bonds. The van der Waals surface area contributed by atoms with Gasteiger partial charge in [-0.3, -0.25) is 19.2 Å². The molecule has 0 spiro atoms. The van der Waals surface area contributed by atoms with Crippen molar-refractivity contribution in [2.75, 3.05) is 0 Å². The number of hydrogen-bond acceptors (Lipinski definition) is 4. The molecular formula is C6H8NiO8. The van der Waals surface area contributed by atoms with Crippen LogP contribution in [-0.4, -0.2) is 44.3 Å². The van der Waals surface area contributed by atoms with Gasteiger partial charge in [0.1, 0.15) is 12.8 Å². The molecule has 8 nitrogen and oxygen atoms in total. The molecule has 0 rings (SSSR count). The van der Waals surface area contributed by atoms with Gasteiger partial charge in [-0.15, -0.1) is 0 Å². The largest absolute Gasteiger partial charge is 0.481 e. The minimum Gasteiger partial charge on any atom is -0.481 e. The fourth-order valence-corrected chi connectivity index (χ4v) is 0.259. The van der Waals surface area contributed by atoms with E-state index in [2.05, 4.69) is 0 Å². The molecule has 0 aromatic carbocycles. The van der Waals surface area contributed by atoms with Crippen LogP contribution in [0.25, 0.3) is 0 Å². The van der Waals surface area contributed by atoms with E-state index in [9.17, 15) is 19.2 Å². The number of carboxylic acid groups (broad SMARTS) is 4. The molecule has 0 aliphatic carbocycles. The number of rotatable bonds is 4. The molecule has 0 aliphatic heterocycles. The molecule has 0 bridgehead atoms. The van der Waals surface area contributed by atoms with Crippen LogP contribution in [-0.2, 0) is 35.7 Å². The number of carbonyl (C=O) groups is 4. The van der Waals surface area contributed by atoms with Gasteiger partial charge in [0.2, 0.25) is 0 Å². The van der Waals surface area contributed by atoms with E-state index in [1.54, 1.807) is 0 Å². The summed E-state index contributed by atoms with van der Waals surface area (Å²) in [6.45, 7) is 0. The first-order chi connectivity index (χ1) is 6.25. The van der Waals surface area contributed by atoms with Crippen molar-refractivity contribution in [2.24, 2.45) is 0 Å². The third-order valence-electron chi connectivity index (χ3n) is 0.605. The molecule has 0 saturated heterocycles.